The van der Waals surface area contributed by atoms with E-state index in [9.17, 15) is 9.90 Å². The van der Waals surface area contributed by atoms with Crippen molar-refractivity contribution < 1.29 is 19.2 Å². The predicted octanol–water partition coefficient (Wildman–Crippen LogP) is 3.46. The minimum absolute atomic E-state index is 0.143. The van der Waals surface area contributed by atoms with Crippen LogP contribution in [0.2, 0.25) is 0 Å². The first-order valence-corrected chi connectivity index (χ1v) is 8.87. The molecule has 0 aliphatic heterocycles. The van der Waals surface area contributed by atoms with Gasteiger partial charge in [-0.3, -0.25) is 4.79 Å². The Morgan fingerprint density at radius 1 is 1.18 bits per heavy atom. The third-order valence-electron chi connectivity index (χ3n) is 4.32. The number of hydrogen-bond donors (Lipinski definition) is 2. The molecule has 0 fully saturated rings. The summed E-state index contributed by atoms with van der Waals surface area (Å²) in [6.07, 6.45) is 1.38. The van der Waals surface area contributed by atoms with Crippen LogP contribution < -0.4 is 10.1 Å². The van der Waals surface area contributed by atoms with Crippen LogP contribution >= 0.6 is 0 Å². The molecule has 0 saturated heterocycles. The Hall–Kier alpha value is -3.42. The Bertz CT molecular complexity index is 967. The number of rotatable bonds is 6. The number of carbonyl (C=O) groups excluding carboxylic acids is 1. The third kappa shape index (κ3) is 3.95. The molecule has 8 heteroatoms. The average molecular weight is 382 g/mol. The third-order valence-corrected chi connectivity index (χ3v) is 4.32. The van der Waals surface area contributed by atoms with E-state index in [1.165, 1.54) is 24.9 Å². The van der Waals surface area contributed by atoms with E-state index in [4.69, 9.17) is 9.26 Å². The number of hydrogen-bond acceptors (Lipinski definition) is 7. The Morgan fingerprint density at radius 3 is 2.54 bits per heavy atom. The van der Waals surface area contributed by atoms with Gasteiger partial charge >= 0.3 is 0 Å². The minimum atomic E-state index is -0.579. The SMILES string of the molecule is COc1ccnc(C(=O)N[C@@H](C)c2nc(-c3ccc(C(C)C)cc3)no2)c1O. The number of nitrogens with zero attached hydrogens (tertiary/aromatic N) is 3. The summed E-state index contributed by atoms with van der Waals surface area (Å²) < 4.78 is 10.3. The minimum Gasteiger partial charge on any atom is -0.503 e. The fourth-order valence-electron chi connectivity index (χ4n) is 2.64. The second-order valence-electron chi connectivity index (χ2n) is 6.64. The van der Waals surface area contributed by atoms with E-state index in [-0.39, 0.29) is 23.1 Å². The number of amides is 1. The molecule has 2 heterocycles. The van der Waals surface area contributed by atoms with Crippen LogP contribution in [-0.4, -0.2) is 33.2 Å². The molecule has 3 rings (SSSR count). The lowest BCUT2D eigenvalue weighted by Crippen LogP contribution is -2.27. The largest absolute Gasteiger partial charge is 0.503 e. The molecule has 0 spiro atoms. The zero-order valence-electron chi connectivity index (χ0n) is 16.1. The van der Waals surface area contributed by atoms with E-state index in [0.29, 0.717) is 11.7 Å². The Labute approximate surface area is 162 Å². The number of methoxy groups -OCH3 is 1. The summed E-state index contributed by atoms with van der Waals surface area (Å²) in [6.45, 7) is 5.95. The summed E-state index contributed by atoms with van der Waals surface area (Å²) in [5.74, 6) is 0.382. The van der Waals surface area contributed by atoms with Gasteiger partial charge in [0.15, 0.2) is 17.2 Å². The highest BCUT2D eigenvalue weighted by molar-refractivity contribution is 5.95. The molecule has 1 aromatic carbocycles. The lowest BCUT2D eigenvalue weighted by molar-refractivity contribution is 0.0923. The molecule has 0 saturated carbocycles. The van der Waals surface area contributed by atoms with Crippen molar-refractivity contribution in [2.45, 2.75) is 32.7 Å². The predicted molar refractivity (Wildman–Crippen MR) is 102 cm³/mol. The Morgan fingerprint density at radius 2 is 1.89 bits per heavy atom. The van der Waals surface area contributed by atoms with Gasteiger partial charge in [0.25, 0.3) is 5.91 Å². The standard InChI is InChI=1S/C20H22N4O4/c1-11(2)13-5-7-14(8-6-13)18-23-20(28-24-18)12(3)22-19(26)16-17(25)15(27-4)9-10-21-16/h5-12,25H,1-4H3,(H,22,26)/t12-/m0/s1. The van der Waals surface area contributed by atoms with Gasteiger partial charge in [0.05, 0.1) is 7.11 Å². The van der Waals surface area contributed by atoms with Gasteiger partial charge in [-0.2, -0.15) is 4.98 Å². The topological polar surface area (TPSA) is 110 Å². The fourth-order valence-corrected chi connectivity index (χ4v) is 2.64. The molecule has 2 aromatic heterocycles. The first-order valence-electron chi connectivity index (χ1n) is 8.87. The van der Waals surface area contributed by atoms with Crippen LogP contribution in [0.25, 0.3) is 11.4 Å². The molecule has 1 atom stereocenters. The zero-order chi connectivity index (χ0) is 20.3. The molecule has 3 aromatic rings. The second-order valence-corrected chi connectivity index (χ2v) is 6.64. The quantitative estimate of drug-likeness (QED) is 0.671. The molecule has 146 valence electrons. The number of aromatic hydroxyl groups is 1. The summed E-state index contributed by atoms with van der Waals surface area (Å²) in [5, 5.41) is 16.7. The van der Waals surface area contributed by atoms with E-state index in [0.717, 1.165) is 5.56 Å². The molecular formula is C20H22N4O4. The number of nitrogens with one attached hydrogen (secondary N) is 1. The van der Waals surface area contributed by atoms with Gasteiger partial charge in [-0.05, 0) is 18.4 Å². The lowest BCUT2D eigenvalue weighted by Gasteiger charge is -2.11. The van der Waals surface area contributed by atoms with Crippen LogP contribution in [0.1, 0.15) is 54.7 Å². The summed E-state index contributed by atoms with van der Waals surface area (Å²) >= 11 is 0. The van der Waals surface area contributed by atoms with Crippen molar-refractivity contribution >= 4 is 5.91 Å². The number of ether oxygens (including phenoxy) is 1. The number of pyridine rings is 1. The maximum Gasteiger partial charge on any atom is 0.274 e. The monoisotopic (exact) mass is 382 g/mol. The molecule has 2 N–H and O–H groups in total. The van der Waals surface area contributed by atoms with Crippen molar-refractivity contribution in [2.75, 3.05) is 7.11 Å². The van der Waals surface area contributed by atoms with Crippen LogP contribution in [0.5, 0.6) is 11.5 Å². The number of benzene rings is 1. The van der Waals surface area contributed by atoms with E-state index >= 15 is 0 Å². The van der Waals surface area contributed by atoms with Gasteiger partial charge in [0.2, 0.25) is 11.7 Å². The van der Waals surface area contributed by atoms with Gasteiger partial charge in [-0.25, -0.2) is 4.98 Å². The Balaban J connectivity index is 1.73. The van der Waals surface area contributed by atoms with Crippen LogP contribution in [0.4, 0.5) is 0 Å². The highest BCUT2D eigenvalue weighted by Gasteiger charge is 2.22. The summed E-state index contributed by atoms with van der Waals surface area (Å²) in [6, 6.07) is 8.81. The van der Waals surface area contributed by atoms with E-state index in [1.54, 1.807) is 6.92 Å². The second kappa shape index (κ2) is 8.08. The zero-order valence-corrected chi connectivity index (χ0v) is 16.1. The number of aromatic nitrogens is 3. The van der Waals surface area contributed by atoms with Crippen molar-refractivity contribution in [1.29, 1.82) is 0 Å². The fraction of sp³-hybridized carbons (Fsp3) is 0.300. The van der Waals surface area contributed by atoms with Gasteiger partial charge in [-0.15, -0.1) is 0 Å². The van der Waals surface area contributed by atoms with Gasteiger partial charge in [0.1, 0.15) is 6.04 Å². The maximum atomic E-state index is 12.4. The molecule has 0 aliphatic carbocycles. The molecule has 0 bridgehead atoms. The Kier molecular flexibility index (Phi) is 5.58. The summed E-state index contributed by atoms with van der Waals surface area (Å²) in [7, 11) is 1.40. The molecule has 8 nitrogen and oxygen atoms in total. The molecule has 1 amide bonds. The molecule has 0 unspecified atom stereocenters. The summed E-state index contributed by atoms with van der Waals surface area (Å²) in [4.78, 5) is 20.7. The average Bonchev–Trinajstić information content (AvgIpc) is 3.18. The van der Waals surface area contributed by atoms with Crippen LogP contribution in [-0.2, 0) is 0 Å². The van der Waals surface area contributed by atoms with Crippen molar-refractivity contribution in [3.63, 3.8) is 0 Å². The molecule has 0 aliphatic rings. The van der Waals surface area contributed by atoms with Crippen LogP contribution in [0.3, 0.4) is 0 Å². The van der Waals surface area contributed by atoms with Crippen LogP contribution in [0, 0.1) is 0 Å². The van der Waals surface area contributed by atoms with Crippen molar-refractivity contribution in [3.8, 4) is 22.9 Å². The smallest absolute Gasteiger partial charge is 0.274 e. The van der Waals surface area contributed by atoms with Crippen molar-refractivity contribution in [2.24, 2.45) is 0 Å². The van der Waals surface area contributed by atoms with Crippen molar-refractivity contribution in [3.05, 3.63) is 53.7 Å². The van der Waals surface area contributed by atoms with Gasteiger partial charge in [-0.1, -0.05) is 43.3 Å². The van der Waals surface area contributed by atoms with Gasteiger partial charge < -0.3 is 19.7 Å². The van der Waals surface area contributed by atoms with Crippen molar-refractivity contribution in [1.82, 2.24) is 20.4 Å². The lowest BCUT2D eigenvalue weighted by atomic mass is 10.0. The summed E-state index contributed by atoms with van der Waals surface area (Å²) in [5.41, 5.74) is 1.90. The highest BCUT2D eigenvalue weighted by atomic mass is 16.5. The first kappa shape index (κ1) is 19.3. The normalized spacial score (nSPS) is 12.0. The molecule has 0 radical (unpaired) electrons. The van der Waals surface area contributed by atoms with Gasteiger partial charge in [0, 0.05) is 17.8 Å². The molecule has 28 heavy (non-hydrogen) atoms. The highest BCUT2D eigenvalue weighted by Crippen LogP contribution is 2.28. The number of carbonyl (C=O) groups is 1. The van der Waals surface area contributed by atoms with E-state index < -0.39 is 11.9 Å². The molecular weight excluding hydrogens is 360 g/mol. The first-order chi connectivity index (χ1) is 13.4. The maximum absolute atomic E-state index is 12.4. The van der Waals surface area contributed by atoms with E-state index in [1.807, 2.05) is 24.3 Å². The van der Waals surface area contributed by atoms with E-state index in [2.05, 4.69) is 34.3 Å². The van der Waals surface area contributed by atoms with Crippen LogP contribution in [0.15, 0.2) is 41.1 Å².